The Bertz CT molecular complexity index is 975. The second-order valence-electron chi connectivity index (χ2n) is 6.52. The normalized spacial score (nSPS) is 15.0. The van der Waals surface area contributed by atoms with Crippen LogP contribution in [0.4, 0.5) is 0 Å². The zero-order valence-corrected chi connectivity index (χ0v) is 18.0. The SMILES string of the molecule is COc1cc(/C=C2/SC(=S)N(CCCC(=O)O)C2=O)ccc1OCc1ccccc1. The van der Waals surface area contributed by atoms with Crippen LogP contribution < -0.4 is 9.47 Å². The molecule has 2 aromatic rings. The smallest absolute Gasteiger partial charge is 0.303 e. The molecule has 1 aliphatic rings. The number of carboxylic acid groups (broad SMARTS) is 1. The van der Waals surface area contributed by atoms with Gasteiger partial charge in [0.2, 0.25) is 0 Å². The summed E-state index contributed by atoms with van der Waals surface area (Å²) in [7, 11) is 1.57. The summed E-state index contributed by atoms with van der Waals surface area (Å²) in [6, 6.07) is 15.3. The number of methoxy groups -OCH3 is 1. The molecule has 3 rings (SSSR count). The lowest BCUT2D eigenvalue weighted by molar-refractivity contribution is -0.137. The molecule has 0 radical (unpaired) electrons. The van der Waals surface area contributed by atoms with E-state index in [1.54, 1.807) is 25.3 Å². The summed E-state index contributed by atoms with van der Waals surface area (Å²) in [6.45, 7) is 0.718. The highest BCUT2D eigenvalue weighted by Gasteiger charge is 2.31. The molecule has 1 saturated heterocycles. The van der Waals surface area contributed by atoms with E-state index in [4.69, 9.17) is 26.8 Å². The molecule has 0 bridgehead atoms. The Morgan fingerprint density at radius 1 is 1.20 bits per heavy atom. The van der Waals surface area contributed by atoms with Crippen molar-refractivity contribution in [3.8, 4) is 11.5 Å². The monoisotopic (exact) mass is 443 g/mol. The zero-order valence-electron chi connectivity index (χ0n) is 16.4. The maximum atomic E-state index is 12.6. The molecule has 156 valence electrons. The quantitative estimate of drug-likeness (QED) is 0.456. The molecule has 1 heterocycles. The van der Waals surface area contributed by atoms with E-state index in [1.165, 1.54) is 16.7 Å². The van der Waals surface area contributed by atoms with E-state index in [9.17, 15) is 9.59 Å². The third kappa shape index (κ3) is 5.61. The summed E-state index contributed by atoms with van der Waals surface area (Å²) in [6.07, 6.45) is 2.11. The number of thioether (sulfide) groups is 1. The van der Waals surface area contributed by atoms with Crippen LogP contribution in [0.25, 0.3) is 6.08 Å². The van der Waals surface area contributed by atoms with Gasteiger partial charge in [0, 0.05) is 13.0 Å². The first-order valence-corrected chi connectivity index (χ1v) is 10.5. The summed E-state index contributed by atoms with van der Waals surface area (Å²) < 4.78 is 11.7. The fourth-order valence-electron chi connectivity index (χ4n) is 2.86. The third-order valence-electron chi connectivity index (χ3n) is 4.37. The van der Waals surface area contributed by atoms with E-state index in [2.05, 4.69) is 0 Å². The molecule has 30 heavy (non-hydrogen) atoms. The summed E-state index contributed by atoms with van der Waals surface area (Å²) in [5.74, 6) is 0.0766. The van der Waals surface area contributed by atoms with Crippen LogP contribution in [0, 0.1) is 0 Å². The van der Waals surface area contributed by atoms with Gasteiger partial charge in [-0.1, -0.05) is 60.4 Å². The van der Waals surface area contributed by atoms with Gasteiger partial charge in [-0.2, -0.15) is 0 Å². The van der Waals surface area contributed by atoms with Gasteiger partial charge in [-0.3, -0.25) is 14.5 Å². The topological polar surface area (TPSA) is 76.1 Å². The van der Waals surface area contributed by atoms with Crippen molar-refractivity contribution in [3.05, 3.63) is 64.6 Å². The Labute approximate surface area is 184 Å². The number of rotatable bonds is 9. The van der Waals surface area contributed by atoms with Crippen molar-refractivity contribution in [3.63, 3.8) is 0 Å². The molecule has 1 fully saturated rings. The molecule has 8 heteroatoms. The van der Waals surface area contributed by atoms with Gasteiger partial charge in [0.25, 0.3) is 5.91 Å². The van der Waals surface area contributed by atoms with Crippen molar-refractivity contribution in [2.45, 2.75) is 19.4 Å². The Balaban J connectivity index is 1.69. The lowest BCUT2D eigenvalue weighted by atomic mass is 10.1. The number of carboxylic acids is 1. The predicted octanol–water partition coefficient (Wildman–Crippen LogP) is 4.34. The largest absolute Gasteiger partial charge is 0.493 e. The number of hydrogen-bond acceptors (Lipinski definition) is 6. The first kappa shape index (κ1) is 21.9. The predicted molar refractivity (Wildman–Crippen MR) is 121 cm³/mol. The molecule has 0 aliphatic carbocycles. The van der Waals surface area contributed by atoms with Gasteiger partial charge in [0.05, 0.1) is 12.0 Å². The minimum Gasteiger partial charge on any atom is -0.493 e. The zero-order chi connectivity index (χ0) is 21.5. The number of aliphatic carboxylic acids is 1. The minimum atomic E-state index is -0.891. The maximum absolute atomic E-state index is 12.6. The van der Waals surface area contributed by atoms with E-state index >= 15 is 0 Å². The molecule has 0 aromatic heterocycles. The second kappa shape index (κ2) is 10.3. The number of hydrogen-bond donors (Lipinski definition) is 1. The highest BCUT2D eigenvalue weighted by Crippen LogP contribution is 2.35. The third-order valence-corrected chi connectivity index (χ3v) is 5.75. The van der Waals surface area contributed by atoms with Crippen LogP contribution in [-0.4, -0.2) is 39.9 Å². The van der Waals surface area contributed by atoms with Crippen LogP contribution in [0.1, 0.15) is 24.0 Å². The fourth-order valence-corrected chi connectivity index (χ4v) is 4.17. The number of ether oxygens (including phenoxy) is 2. The highest BCUT2D eigenvalue weighted by atomic mass is 32.2. The van der Waals surface area contributed by atoms with Crippen LogP contribution in [0.3, 0.4) is 0 Å². The first-order valence-electron chi connectivity index (χ1n) is 9.30. The number of benzene rings is 2. The van der Waals surface area contributed by atoms with E-state index in [1.807, 2.05) is 36.4 Å². The molecular formula is C22H21NO5S2. The second-order valence-corrected chi connectivity index (χ2v) is 8.19. The Kier molecular flexibility index (Phi) is 7.48. The Morgan fingerprint density at radius 2 is 1.97 bits per heavy atom. The number of carbonyl (C=O) groups excluding carboxylic acids is 1. The van der Waals surface area contributed by atoms with Crippen LogP contribution >= 0.6 is 24.0 Å². The molecule has 0 atom stereocenters. The van der Waals surface area contributed by atoms with Crippen molar-refractivity contribution in [1.82, 2.24) is 4.90 Å². The average molecular weight is 444 g/mol. The molecule has 1 aliphatic heterocycles. The van der Waals surface area contributed by atoms with Gasteiger partial charge in [-0.25, -0.2) is 0 Å². The number of thiocarbonyl (C=S) groups is 1. The lowest BCUT2D eigenvalue weighted by Crippen LogP contribution is -2.29. The Hall–Kier alpha value is -2.84. The molecule has 2 aromatic carbocycles. The molecule has 6 nitrogen and oxygen atoms in total. The fraction of sp³-hybridized carbons (Fsp3) is 0.227. The standard InChI is InChI=1S/C22H21NO5S2/c1-27-18-12-16(9-10-17(18)28-14-15-6-3-2-4-7-15)13-19-21(26)23(22(29)30-19)11-5-8-20(24)25/h2-4,6-7,9-10,12-13H,5,8,11,14H2,1H3,(H,24,25)/b19-13+. The molecule has 0 unspecified atom stereocenters. The van der Waals surface area contributed by atoms with E-state index < -0.39 is 5.97 Å². The van der Waals surface area contributed by atoms with Crippen molar-refractivity contribution in [1.29, 1.82) is 0 Å². The van der Waals surface area contributed by atoms with Gasteiger partial charge in [0.1, 0.15) is 10.9 Å². The van der Waals surface area contributed by atoms with Crippen LogP contribution in [0.2, 0.25) is 0 Å². The van der Waals surface area contributed by atoms with E-state index in [-0.39, 0.29) is 12.3 Å². The minimum absolute atomic E-state index is 0.00223. The maximum Gasteiger partial charge on any atom is 0.303 e. The summed E-state index contributed by atoms with van der Waals surface area (Å²) in [5.41, 5.74) is 1.83. The van der Waals surface area contributed by atoms with E-state index in [0.717, 1.165) is 11.1 Å². The number of amides is 1. The lowest BCUT2D eigenvalue weighted by Gasteiger charge is -2.13. The number of carbonyl (C=O) groups is 2. The molecule has 0 saturated carbocycles. The van der Waals surface area contributed by atoms with Gasteiger partial charge >= 0.3 is 5.97 Å². The molecular weight excluding hydrogens is 422 g/mol. The van der Waals surface area contributed by atoms with E-state index in [0.29, 0.717) is 40.3 Å². The summed E-state index contributed by atoms with van der Waals surface area (Å²) in [5, 5.41) is 8.77. The van der Waals surface area contributed by atoms with Crippen molar-refractivity contribution >= 4 is 46.3 Å². The first-order chi connectivity index (χ1) is 14.5. The van der Waals surface area contributed by atoms with Gasteiger partial charge in [-0.15, -0.1) is 0 Å². The van der Waals surface area contributed by atoms with Crippen molar-refractivity contribution in [2.24, 2.45) is 0 Å². The number of nitrogens with zero attached hydrogens (tertiary/aromatic N) is 1. The van der Waals surface area contributed by atoms with Crippen LogP contribution in [0.15, 0.2) is 53.4 Å². The van der Waals surface area contributed by atoms with Gasteiger partial charge in [0.15, 0.2) is 11.5 Å². The van der Waals surface area contributed by atoms with Crippen molar-refractivity contribution in [2.75, 3.05) is 13.7 Å². The van der Waals surface area contributed by atoms with Crippen molar-refractivity contribution < 1.29 is 24.2 Å². The van der Waals surface area contributed by atoms with Gasteiger partial charge in [-0.05, 0) is 35.8 Å². The molecule has 1 N–H and O–H groups in total. The van der Waals surface area contributed by atoms with Crippen LogP contribution in [0.5, 0.6) is 11.5 Å². The summed E-state index contributed by atoms with van der Waals surface area (Å²) in [4.78, 5) is 25.2. The average Bonchev–Trinajstić information content (AvgIpc) is 3.00. The Morgan fingerprint density at radius 3 is 2.67 bits per heavy atom. The molecule has 0 spiro atoms. The van der Waals surface area contributed by atoms with Gasteiger partial charge < -0.3 is 14.6 Å². The summed E-state index contributed by atoms with van der Waals surface area (Å²) >= 11 is 6.49. The molecule has 1 amide bonds. The van der Waals surface area contributed by atoms with Crippen LogP contribution in [-0.2, 0) is 16.2 Å². The highest BCUT2D eigenvalue weighted by molar-refractivity contribution is 8.26.